The van der Waals surface area contributed by atoms with E-state index in [4.69, 9.17) is 4.74 Å². The number of nitrogens with zero attached hydrogens (tertiary/aromatic N) is 2. The number of ether oxygens (including phenoxy) is 1. The molecule has 0 aromatic heterocycles. The number of amides is 1. The molecule has 2 aliphatic heterocycles. The van der Waals surface area contributed by atoms with Crippen LogP contribution >= 0.6 is 0 Å². The van der Waals surface area contributed by atoms with Crippen molar-refractivity contribution in [3.05, 3.63) is 18.2 Å². The summed E-state index contributed by atoms with van der Waals surface area (Å²) in [6.07, 6.45) is 2.04. The second-order valence-corrected chi connectivity index (χ2v) is 8.54. The second kappa shape index (κ2) is 7.31. The molecule has 1 amide bonds. The van der Waals surface area contributed by atoms with Crippen molar-refractivity contribution in [1.29, 1.82) is 0 Å². The van der Waals surface area contributed by atoms with Gasteiger partial charge in [0.25, 0.3) is 5.91 Å². The van der Waals surface area contributed by atoms with Crippen molar-refractivity contribution >= 4 is 21.6 Å². The summed E-state index contributed by atoms with van der Waals surface area (Å²) in [7, 11) is -1.59. The summed E-state index contributed by atoms with van der Waals surface area (Å²) in [6.45, 7) is 4.42. The topological polar surface area (TPSA) is 79.0 Å². The number of piperazine rings is 1. The number of nitrogens with one attached hydrogen (secondary N) is 1. The minimum absolute atomic E-state index is 0.187. The number of carbonyl (C=O) groups is 1. The zero-order chi connectivity index (χ0) is 18.0. The minimum Gasteiger partial charge on any atom is -0.478 e. The monoisotopic (exact) mass is 367 g/mol. The van der Waals surface area contributed by atoms with Gasteiger partial charge < -0.3 is 15.0 Å². The number of anilines is 1. The van der Waals surface area contributed by atoms with Crippen LogP contribution in [-0.4, -0.2) is 62.9 Å². The van der Waals surface area contributed by atoms with Crippen LogP contribution in [-0.2, 0) is 14.8 Å². The number of fused-ring (bicyclic) bond motifs is 1. The molecule has 2 aliphatic rings. The fourth-order valence-corrected chi connectivity index (χ4v) is 4.50. The van der Waals surface area contributed by atoms with Crippen LogP contribution in [0, 0.1) is 0 Å². The van der Waals surface area contributed by atoms with E-state index in [9.17, 15) is 13.2 Å². The first-order valence-corrected chi connectivity index (χ1v) is 10.2. The molecule has 138 valence electrons. The van der Waals surface area contributed by atoms with Gasteiger partial charge in [0, 0.05) is 26.2 Å². The van der Waals surface area contributed by atoms with Gasteiger partial charge in [-0.3, -0.25) is 4.79 Å². The van der Waals surface area contributed by atoms with Crippen LogP contribution in [0.2, 0.25) is 0 Å². The number of hydrogen-bond acceptors (Lipinski definition) is 5. The Morgan fingerprint density at radius 2 is 1.96 bits per heavy atom. The number of likely N-dealkylation sites (N-methyl/N-ethyl adjacent to an activating group) is 1. The van der Waals surface area contributed by atoms with Gasteiger partial charge in [-0.15, -0.1) is 0 Å². The van der Waals surface area contributed by atoms with Gasteiger partial charge >= 0.3 is 0 Å². The highest BCUT2D eigenvalue weighted by Crippen LogP contribution is 2.33. The van der Waals surface area contributed by atoms with E-state index in [0.717, 1.165) is 12.8 Å². The van der Waals surface area contributed by atoms with Gasteiger partial charge in [-0.05, 0) is 38.1 Å². The molecule has 1 N–H and O–H groups in total. The lowest BCUT2D eigenvalue weighted by Gasteiger charge is -2.32. The van der Waals surface area contributed by atoms with E-state index >= 15 is 0 Å². The van der Waals surface area contributed by atoms with Gasteiger partial charge in [0.2, 0.25) is 10.0 Å². The quantitative estimate of drug-likeness (QED) is 0.853. The average molecular weight is 367 g/mol. The largest absolute Gasteiger partial charge is 0.478 e. The van der Waals surface area contributed by atoms with Crippen LogP contribution in [0.3, 0.4) is 0 Å². The van der Waals surface area contributed by atoms with E-state index in [1.807, 2.05) is 7.05 Å². The van der Waals surface area contributed by atoms with Crippen molar-refractivity contribution in [2.75, 3.05) is 38.5 Å². The number of carbonyl (C=O) groups excluding carboxylic acids is 1. The summed E-state index contributed by atoms with van der Waals surface area (Å²) >= 11 is 0. The van der Waals surface area contributed by atoms with Crippen molar-refractivity contribution in [2.24, 2.45) is 0 Å². The van der Waals surface area contributed by atoms with Crippen molar-refractivity contribution < 1.29 is 17.9 Å². The molecule has 0 radical (unpaired) electrons. The Bertz CT molecular complexity index is 742. The van der Waals surface area contributed by atoms with E-state index in [-0.39, 0.29) is 10.8 Å². The summed E-state index contributed by atoms with van der Waals surface area (Å²) in [6, 6.07) is 4.69. The SMILES string of the molecule is CCCC[C@H]1Oc2ccc(S(=O)(=O)N3CCN(C)CC3)cc2NC1=O. The standard InChI is InChI=1S/C17H25N3O4S/c1-3-4-5-16-17(21)18-14-12-13(6-7-15(14)24-16)25(22,23)20-10-8-19(2)9-11-20/h6-7,12,16H,3-5,8-11H2,1-2H3,(H,18,21)/t16-/m1/s1. The molecule has 8 heteroatoms. The maximum atomic E-state index is 12.8. The van der Waals surface area contributed by atoms with Crippen LogP contribution in [0.25, 0.3) is 0 Å². The van der Waals surface area contributed by atoms with Crippen LogP contribution in [0.1, 0.15) is 26.2 Å². The van der Waals surface area contributed by atoms with Gasteiger partial charge in [0.1, 0.15) is 5.75 Å². The summed E-state index contributed by atoms with van der Waals surface area (Å²) < 4.78 is 32.9. The molecular formula is C17H25N3O4S. The lowest BCUT2D eigenvalue weighted by molar-refractivity contribution is -0.123. The number of unbranched alkanes of at least 4 members (excludes halogenated alkanes) is 1. The van der Waals surface area contributed by atoms with Crippen LogP contribution in [0.4, 0.5) is 5.69 Å². The summed E-state index contributed by atoms with van der Waals surface area (Å²) in [5, 5.41) is 2.79. The normalized spacial score (nSPS) is 22.2. The predicted octanol–water partition coefficient (Wildman–Crippen LogP) is 1.51. The number of rotatable bonds is 5. The molecule has 0 saturated carbocycles. The highest BCUT2D eigenvalue weighted by Gasteiger charge is 2.31. The van der Waals surface area contributed by atoms with Crippen LogP contribution in [0.5, 0.6) is 5.75 Å². The molecule has 1 aromatic rings. The van der Waals surface area contributed by atoms with Crippen molar-refractivity contribution in [2.45, 2.75) is 37.2 Å². The number of hydrogen-bond donors (Lipinski definition) is 1. The Balaban J connectivity index is 1.80. The maximum absolute atomic E-state index is 12.8. The molecule has 0 bridgehead atoms. The lowest BCUT2D eigenvalue weighted by Crippen LogP contribution is -2.47. The molecule has 1 saturated heterocycles. The van der Waals surface area contributed by atoms with Crippen LogP contribution in [0.15, 0.2) is 23.1 Å². The molecule has 0 spiro atoms. The minimum atomic E-state index is -3.56. The third-order valence-corrected chi connectivity index (χ3v) is 6.59. The zero-order valence-corrected chi connectivity index (χ0v) is 15.5. The maximum Gasteiger partial charge on any atom is 0.265 e. The van der Waals surface area contributed by atoms with Crippen molar-refractivity contribution in [3.63, 3.8) is 0 Å². The Hall–Kier alpha value is -1.64. The van der Waals surface area contributed by atoms with Gasteiger partial charge in [0.05, 0.1) is 10.6 Å². The third-order valence-electron chi connectivity index (χ3n) is 4.69. The fraction of sp³-hybridized carbons (Fsp3) is 0.588. The average Bonchev–Trinajstić information content (AvgIpc) is 2.59. The second-order valence-electron chi connectivity index (χ2n) is 6.60. The fourth-order valence-electron chi connectivity index (χ4n) is 3.05. The van der Waals surface area contributed by atoms with E-state index in [0.29, 0.717) is 44.0 Å². The van der Waals surface area contributed by atoms with Crippen molar-refractivity contribution in [3.8, 4) is 5.75 Å². The summed E-state index contributed by atoms with van der Waals surface area (Å²) in [5.41, 5.74) is 0.424. The van der Waals surface area contributed by atoms with Crippen molar-refractivity contribution in [1.82, 2.24) is 9.21 Å². The Morgan fingerprint density at radius 3 is 2.64 bits per heavy atom. The third kappa shape index (κ3) is 3.80. The molecule has 1 aromatic carbocycles. The van der Waals surface area contributed by atoms with E-state index in [2.05, 4.69) is 17.1 Å². The molecule has 2 heterocycles. The molecule has 7 nitrogen and oxygen atoms in total. The van der Waals surface area contributed by atoms with E-state index < -0.39 is 16.1 Å². The molecule has 1 atom stereocenters. The Morgan fingerprint density at radius 1 is 1.24 bits per heavy atom. The van der Waals surface area contributed by atoms with Gasteiger partial charge in [-0.2, -0.15) is 4.31 Å². The molecule has 25 heavy (non-hydrogen) atoms. The summed E-state index contributed by atoms with van der Waals surface area (Å²) in [5.74, 6) is 0.313. The Labute approximate surface area is 149 Å². The highest BCUT2D eigenvalue weighted by atomic mass is 32.2. The van der Waals surface area contributed by atoms with E-state index in [1.165, 1.54) is 10.4 Å². The first-order valence-electron chi connectivity index (χ1n) is 8.72. The lowest BCUT2D eigenvalue weighted by atomic mass is 10.1. The number of benzene rings is 1. The Kier molecular flexibility index (Phi) is 5.31. The van der Waals surface area contributed by atoms with Gasteiger partial charge in [-0.25, -0.2) is 8.42 Å². The highest BCUT2D eigenvalue weighted by molar-refractivity contribution is 7.89. The van der Waals surface area contributed by atoms with Gasteiger partial charge in [-0.1, -0.05) is 13.3 Å². The first kappa shape index (κ1) is 18.2. The number of sulfonamides is 1. The zero-order valence-electron chi connectivity index (χ0n) is 14.7. The summed E-state index contributed by atoms with van der Waals surface area (Å²) in [4.78, 5) is 14.4. The first-order chi connectivity index (χ1) is 11.9. The smallest absolute Gasteiger partial charge is 0.265 e. The van der Waals surface area contributed by atoms with Crippen LogP contribution < -0.4 is 10.1 Å². The van der Waals surface area contributed by atoms with Gasteiger partial charge in [0.15, 0.2) is 6.10 Å². The molecule has 0 unspecified atom stereocenters. The molecule has 3 rings (SSSR count). The molecular weight excluding hydrogens is 342 g/mol. The van der Waals surface area contributed by atoms with E-state index in [1.54, 1.807) is 12.1 Å². The molecule has 0 aliphatic carbocycles. The predicted molar refractivity (Wildman–Crippen MR) is 95.3 cm³/mol. The molecule has 1 fully saturated rings.